The fourth-order valence-corrected chi connectivity index (χ4v) is 5.18. The van der Waals surface area contributed by atoms with Crippen molar-refractivity contribution in [3.05, 3.63) is 93.9 Å². The van der Waals surface area contributed by atoms with Gasteiger partial charge in [-0.3, -0.25) is 15.1 Å². The van der Waals surface area contributed by atoms with E-state index in [0.29, 0.717) is 33.0 Å². The summed E-state index contributed by atoms with van der Waals surface area (Å²) in [5, 5.41) is 11.5. The molecular weight excluding hydrogens is 538 g/mol. The van der Waals surface area contributed by atoms with Crippen molar-refractivity contribution in [2.45, 2.75) is 0 Å². The number of aliphatic imine (C=N–C) groups is 1. The number of rotatable bonds is 9. The molecule has 0 radical (unpaired) electrons. The summed E-state index contributed by atoms with van der Waals surface area (Å²) in [5.41, 5.74) is 2.43. The highest BCUT2D eigenvalue weighted by molar-refractivity contribution is 8.17. The largest absolute Gasteiger partial charge is 0.497 e. The maximum atomic E-state index is 12.9. The first kappa shape index (κ1) is 26.4. The molecule has 0 fully saturated rings. The maximum Gasteiger partial charge on any atom is 0.283 e. The average Bonchev–Trinajstić information content (AvgIpc) is 3.38. The number of benzene rings is 3. The van der Waals surface area contributed by atoms with Crippen LogP contribution < -0.4 is 18.9 Å². The number of amidine groups is 2. The van der Waals surface area contributed by atoms with E-state index >= 15 is 0 Å². The summed E-state index contributed by atoms with van der Waals surface area (Å²) in [7, 11) is 3.11. The second-order valence-corrected chi connectivity index (χ2v) is 9.58. The van der Waals surface area contributed by atoms with Crippen LogP contribution in [-0.4, -0.2) is 49.2 Å². The minimum atomic E-state index is -0.493. The Morgan fingerprint density at radius 2 is 1.69 bits per heavy atom. The summed E-state index contributed by atoms with van der Waals surface area (Å²) in [6, 6.07) is 20.3. The van der Waals surface area contributed by atoms with Gasteiger partial charge in [0.15, 0.2) is 16.7 Å². The lowest BCUT2D eigenvalue weighted by Gasteiger charge is -2.27. The number of carbonyl (C=O) groups is 1. The zero-order valence-corrected chi connectivity index (χ0v) is 22.7. The number of fused-ring (bicyclic) bond motifs is 1. The van der Waals surface area contributed by atoms with Gasteiger partial charge in [-0.25, -0.2) is 0 Å². The first-order valence-electron chi connectivity index (χ1n) is 11.9. The average molecular weight is 562 g/mol. The molecule has 2 aliphatic heterocycles. The summed E-state index contributed by atoms with van der Waals surface area (Å²) in [4.78, 5) is 18.7. The number of methoxy groups -OCH3 is 2. The Labute approximate surface area is 235 Å². The summed E-state index contributed by atoms with van der Waals surface area (Å²) >= 11 is 7.86. The normalized spacial score (nSPS) is 15.6. The molecule has 8 nitrogen and oxygen atoms in total. The van der Waals surface area contributed by atoms with Crippen molar-refractivity contribution in [3.63, 3.8) is 0 Å². The van der Waals surface area contributed by atoms with Gasteiger partial charge in [0.2, 0.25) is 0 Å². The number of amides is 1. The highest BCUT2D eigenvalue weighted by atomic mass is 35.5. The number of ether oxygens (including phenoxy) is 4. The predicted octanol–water partition coefficient (Wildman–Crippen LogP) is 6.12. The second kappa shape index (κ2) is 11.7. The van der Waals surface area contributed by atoms with Gasteiger partial charge in [0.1, 0.15) is 30.5 Å². The van der Waals surface area contributed by atoms with E-state index in [4.69, 9.17) is 36.0 Å². The fraction of sp³-hybridized carbons (Fsp3) is 0.138. The molecule has 0 saturated heterocycles. The van der Waals surface area contributed by atoms with Crippen LogP contribution in [0.1, 0.15) is 11.1 Å². The molecule has 2 aliphatic rings. The third-order valence-corrected chi connectivity index (χ3v) is 7.01. The van der Waals surface area contributed by atoms with E-state index in [1.807, 2.05) is 60.0 Å². The Morgan fingerprint density at radius 3 is 2.41 bits per heavy atom. The number of halogens is 1. The highest BCUT2D eigenvalue weighted by Gasteiger charge is 2.36. The molecule has 1 amide bonds. The molecule has 0 aromatic heterocycles. The minimum Gasteiger partial charge on any atom is -0.497 e. The van der Waals surface area contributed by atoms with Crippen molar-refractivity contribution in [2.24, 2.45) is 4.99 Å². The zero-order valence-electron chi connectivity index (χ0n) is 21.1. The quantitative estimate of drug-likeness (QED) is 0.248. The zero-order chi connectivity index (χ0) is 27.4. The smallest absolute Gasteiger partial charge is 0.283 e. The summed E-state index contributed by atoms with van der Waals surface area (Å²) < 4.78 is 22.2. The molecule has 0 aliphatic carbocycles. The van der Waals surface area contributed by atoms with E-state index in [1.165, 1.54) is 18.9 Å². The van der Waals surface area contributed by atoms with Crippen LogP contribution in [0.2, 0.25) is 5.02 Å². The number of hydrogen-bond donors (Lipinski definition) is 1. The van der Waals surface area contributed by atoms with Gasteiger partial charge >= 0.3 is 0 Å². The summed E-state index contributed by atoms with van der Waals surface area (Å²) in [5.74, 6) is 1.72. The molecule has 0 saturated carbocycles. The van der Waals surface area contributed by atoms with Gasteiger partial charge in [0, 0.05) is 5.41 Å². The molecule has 5 rings (SSSR count). The number of nitrogens with one attached hydrogen (secondary N) is 1. The number of thioether (sulfide) groups is 1. The highest BCUT2D eigenvalue weighted by Crippen LogP contribution is 2.39. The standard InChI is InChI=1S/C29H24ClN3O5S/c1-35-20-8-10-21(11-9-20)37-12-13-38-26-23(30)15-18(16-25(26)36-2)14-22-27(31)33-24(19-6-4-3-5-7-19)17-39-29(33)32-28(22)34/h3-11,14-17,31H,12-13H2,1-2H3/b22-14-,31-27?. The van der Waals surface area contributed by atoms with Gasteiger partial charge in [0.25, 0.3) is 5.91 Å². The molecule has 10 heteroatoms. The lowest BCUT2D eigenvalue weighted by molar-refractivity contribution is -0.114. The third kappa shape index (κ3) is 5.64. The Morgan fingerprint density at radius 1 is 0.974 bits per heavy atom. The van der Waals surface area contributed by atoms with Crippen LogP contribution in [0.4, 0.5) is 0 Å². The van der Waals surface area contributed by atoms with E-state index in [2.05, 4.69) is 4.99 Å². The SMILES string of the molecule is COc1ccc(OCCOc2c(Cl)cc(/C=C3/C(=N)N4C(c5ccccc5)=CSC4=NC3=O)cc2OC)cc1. The van der Waals surface area contributed by atoms with Crippen molar-refractivity contribution in [3.8, 4) is 23.0 Å². The maximum absolute atomic E-state index is 12.9. The monoisotopic (exact) mass is 561 g/mol. The Kier molecular flexibility index (Phi) is 7.90. The molecule has 0 bridgehead atoms. The Hall–Kier alpha value is -4.21. The predicted molar refractivity (Wildman–Crippen MR) is 154 cm³/mol. The number of carbonyl (C=O) groups excluding carboxylic acids is 1. The second-order valence-electron chi connectivity index (χ2n) is 8.34. The van der Waals surface area contributed by atoms with E-state index in [9.17, 15) is 4.79 Å². The van der Waals surface area contributed by atoms with Crippen molar-refractivity contribution in [1.29, 1.82) is 5.41 Å². The van der Waals surface area contributed by atoms with Crippen LogP contribution in [-0.2, 0) is 4.79 Å². The van der Waals surface area contributed by atoms with Crippen molar-refractivity contribution in [1.82, 2.24) is 4.90 Å². The van der Waals surface area contributed by atoms with Gasteiger partial charge in [-0.15, -0.1) is 0 Å². The molecule has 3 aromatic rings. The summed E-state index contributed by atoms with van der Waals surface area (Å²) in [6.45, 7) is 0.513. The molecule has 1 N–H and O–H groups in total. The van der Waals surface area contributed by atoms with E-state index in [1.54, 1.807) is 30.2 Å². The lowest BCUT2D eigenvalue weighted by atomic mass is 10.1. The van der Waals surface area contributed by atoms with Crippen molar-refractivity contribution < 1.29 is 23.7 Å². The molecule has 3 aromatic carbocycles. The first-order chi connectivity index (χ1) is 19.0. The molecule has 0 spiro atoms. The molecule has 0 atom stereocenters. The van der Waals surface area contributed by atoms with Crippen LogP contribution >= 0.6 is 23.4 Å². The third-order valence-electron chi connectivity index (χ3n) is 5.90. The molecule has 39 heavy (non-hydrogen) atoms. The van der Waals surface area contributed by atoms with Crippen LogP contribution in [0.15, 0.2) is 82.7 Å². The van der Waals surface area contributed by atoms with Crippen molar-refractivity contribution in [2.75, 3.05) is 27.4 Å². The van der Waals surface area contributed by atoms with Crippen LogP contribution in [0.3, 0.4) is 0 Å². The Balaban J connectivity index is 1.32. The molecule has 0 unspecified atom stereocenters. The fourth-order valence-electron chi connectivity index (χ4n) is 4.02. The van der Waals surface area contributed by atoms with Crippen LogP contribution in [0, 0.1) is 5.41 Å². The van der Waals surface area contributed by atoms with Crippen LogP contribution in [0.5, 0.6) is 23.0 Å². The van der Waals surface area contributed by atoms with Gasteiger partial charge in [-0.2, -0.15) is 4.99 Å². The molecule has 2 heterocycles. The Bertz CT molecular complexity index is 1500. The molecule has 198 valence electrons. The van der Waals surface area contributed by atoms with E-state index < -0.39 is 5.91 Å². The van der Waals surface area contributed by atoms with Gasteiger partial charge in [0.05, 0.1) is 30.5 Å². The first-order valence-corrected chi connectivity index (χ1v) is 13.2. The topological polar surface area (TPSA) is 93.4 Å². The number of hydrogen-bond acceptors (Lipinski definition) is 7. The van der Waals surface area contributed by atoms with Gasteiger partial charge in [-0.05, 0) is 53.6 Å². The number of nitrogens with zero attached hydrogens (tertiary/aromatic N) is 2. The minimum absolute atomic E-state index is 0.0381. The van der Waals surface area contributed by atoms with E-state index in [0.717, 1.165) is 17.0 Å². The van der Waals surface area contributed by atoms with Gasteiger partial charge < -0.3 is 18.9 Å². The van der Waals surface area contributed by atoms with Gasteiger partial charge in [-0.1, -0.05) is 53.7 Å². The summed E-state index contributed by atoms with van der Waals surface area (Å²) in [6.07, 6.45) is 1.58. The van der Waals surface area contributed by atoms with E-state index in [-0.39, 0.29) is 24.6 Å². The van der Waals surface area contributed by atoms with Crippen molar-refractivity contribution >= 4 is 52.0 Å². The molecular formula is C29H24ClN3O5S. The lowest BCUT2D eigenvalue weighted by Crippen LogP contribution is -2.38. The van der Waals surface area contributed by atoms with Crippen LogP contribution in [0.25, 0.3) is 11.8 Å².